The summed E-state index contributed by atoms with van der Waals surface area (Å²) < 4.78 is 0. The van der Waals surface area contributed by atoms with Crippen molar-refractivity contribution in [2.75, 3.05) is 19.7 Å². The zero-order valence-corrected chi connectivity index (χ0v) is 8.21. The molecule has 2 fully saturated rings. The second-order valence-corrected chi connectivity index (χ2v) is 4.70. The van der Waals surface area contributed by atoms with E-state index in [4.69, 9.17) is 0 Å². The summed E-state index contributed by atoms with van der Waals surface area (Å²) >= 11 is 0. The fourth-order valence-electron chi connectivity index (χ4n) is 2.84. The van der Waals surface area contributed by atoms with Gasteiger partial charge < -0.3 is 15.5 Å². The maximum absolute atomic E-state index is 10.4. The predicted octanol–water partition coefficient (Wildman–Crippen LogP) is 0.119. The van der Waals surface area contributed by atoms with E-state index in [1.165, 1.54) is 0 Å². The quantitative estimate of drug-likeness (QED) is 0.573. The molecule has 3 heteroatoms. The van der Waals surface area contributed by atoms with Crippen molar-refractivity contribution >= 4 is 0 Å². The highest BCUT2D eigenvalue weighted by molar-refractivity contribution is 5.13. The summed E-state index contributed by atoms with van der Waals surface area (Å²) in [4.78, 5) is 0. The van der Waals surface area contributed by atoms with Crippen LogP contribution in [-0.4, -0.2) is 35.5 Å². The lowest BCUT2D eigenvalue weighted by atomic mass is 9.76. The van der Waals surface area contributed by atoms with E-state index in [1.807, 2.05) is 0 Å². The van der Waals surface area contributed by atoms with Gasteiger partial charge in [-0.2, -0.15) is 0 Å². The molecule has 1 saturated heterocycles. The SMILES string of the molecule is CC1CC1(CO)C1(O)CCNCC1. The minimum absolute atomic E-state index is 0.144. The summed E-state index contributed by atoms with van der Waals surface area (Å²) in [6.45, 7) is 4.02. The van der Waals surface area contributed by atoms with Crippen molar-refractivity contribution in [3.8, 4) is 0 Å². The van der Waals surface area contributed by atoms with E-state index in [1.54, 1.807) is 0 Å². The first-order valence-corrected chi connectivity index (χ1v) is 5.19. The normalized spacial score (nSPS) is 43.2. The lowest BCUT2D eigenvalue weighted by Crippen LogP contribution is -2.50. The van der Waals surface area contributed by atoms with Crippen molar-refractivity contribution in [1.82, 2.24) is 5.32 Å². The molecule has 0 radical (unpaired) electrons. The first-order valence-electron chi connectivity index (χ1n) is 5.19. The van der Waals surface area contributed by atoms with Crippen LogP contribution >= 0.6 is 0 Å². The van der Waals surface area contributed by atoms with Crippen LogP contribution in [0.25, 0.3) is 0 Å². The van der Waals surface area contributed by atoms with Crippen molar-refractivity contribution in [2.45, 2.75) is 31.8 Å². The Hall–Kier alpha value is -0.120. The van der Waals surface area contributed by atoms with Crippen LogP contribution < -0.4 is 5.32 Å². The third kappa shape index (κ3) is 1.22. The van der Waals surface area contributed by atoms with Crippen LogP contribution in [0.2, 0.25) is 0 Å². The fraction of sp³-hybridized carbons (Fsp3) is 1.00. The molecule has 1 saturated carbocycles. The van der Waals surface area contributed by atoms with Crippen LogP contribution in [0.15, 0.2) is 0 Å². The molecule has 76 valence electrons. The van der Waals surface area contributed by atoms with Gasteiger partial charge in [-0.15, -0.1) is 0 Å². The maximum Gasteiger partial charge on any atom is 0.0752 e. The van der Waals surface area contributed by atoms with Crippen molar-refractivity contribution in [3.63, 3.8) is 0 Å². The van der Waals surface area contributed by atoms with Crippen LogP contribution in [-0.2, 0) is 0 Å². The summed E-state index contributed by atoms with van der Waals surface area (Å²) in [7, 11) is 0. The Morgan fingerprint density at radius 2 is 1.92 bits per heavy atom. The number of piperidine rings is 1. The van der Waals surface area contributed by atoms with Gasteiger partial charge >= 0.3 is 0 Å². The molecule has 0 bridgehead atoms. The van der Waals surface area contributed by atoms with Crippen LogP contribution in [0.5, 0.6) is 0 Å². The smallest absolute Gasteiger partial charge is 0.0752 e. The Balaban J connectivity index is 2.12. The van der Waals surface area contributed by atoms with Crippen molar-refractivity contribution in [1.29, 1.82) is 0 Å². The number of aliphatic hydroxyl groups is 2. The monoisotopic (exact) mass is 185 g/mol. The molecule has 2 atom stereocenters. The van der Waals surface area contributed by atoms with Gasteiger partial charge in [-0.05, 0) is 38.3 Å². The molecule has 13 heavy (non-hydrogen) atoms. The average Bonchev–Trinajstić information content (AvgIpc) is 2.80. The molecule has 0 aromatic heterocycles. The first-order chi connectivity index (χ1) is 6.15. The Bertz CT molecular complexity index is 197. The van der Waals surface area contributed by atoms with Crippen LogP contribution in [0.4, 0.5) is 0 Å². The van der Waals surface area contributed by atoms with Gasteiger partial charge in [-0.25, -0.2) is 0 Å². The predicted molar refractivity (Wildman–Crippen MR) is 50.4 cm³/mol. The van der Waals surface area contributed by atoms with Crippen molar-refractivity contribution in [3.05, 3.63) is 0 Å². The maximum atomic E-state index is 10.4. The molecule has 0 aromatic rings. The van der Waals surface area contributed by atoms with E-state index in [-0.39, 0.29) is 12.0 Å². The first kappa shape index (κ1) is 9.44. The zero-order valence-electron chi connectivity index (χ0n) is 8.21. The molecular formula is C10H19NO2. The van der Waals surface area contributed by atoms with E-state index in [2.05, 4.69) is 12.2 Å². The van der Waals surface area contributed by atoms with Gasteiger partial charge in [-0.1, -0.05) is 6.92 Å². The van der Waals surface area contributed by atoms with E-state index in [9.17, 15) is 10.2 Å². The van der Waals surface area contributed by atoms with Gasteiger partial charge in [-0.3, -0.25) is 0 Å². The molecule has 3 nitrogen and oxygen atoms in total. The molecule has 0 amide bonds. The molecule has 0 spiro atoms. The Kier molecular flexibility index (Phi) is 2.13. The number of nitrogens with one attached hydrogen (secondary N) is 1. The molecule has 2 aliphatic rings. The minimum atomic E-state index is -0.605. The summed E-state index contributed by atoms with van der Waals surface area (Å²) in [6.07, 6.45) is 2.57. The second-order valence-electron chi connectivity index (χ2n) is 4.70. The lowest BCUT2D eigenvalue weighted by molar-refractivity contribution is -0.0820. The summed E-state index contributed by atoms with van der Waals surface area (Å²) in [5.41, 5.74) is -0.776. The molecule has 1 heterocycles. The second kappa shape index (κ2) is 2.94. The molecule has 2 unspecified atom stereocenters. The van der Waals surface area contributed by atoms with Crippen molar-refractivity contribution in [2.24, 2.45) is 11.3 Å². The number of hydrogen-bond acceptors (Lipinski definition) is 3. The largest absolute Gasteiger partial charge is 0.396 e. The van der Waals surface area contributed by atoms with Crippen LogP contribution in [0, 0.1) is 11.3 Å². The summed E-state index contributed by atoms with van der Waals surface area (Å²) in [5.74, 6) is 0.487. The number of aliphatic hydroxyl groups excluding tert-OH is 1. The number of rotatable bonds is 2. The topological polar surface area (TPSA) is 52.5 Å². The van der Waals surface area contributed by atoms with Gasteiger partial charge in [0.05, 0.1) is 12.2 Å². The Labute approximate surface area is 79.2 Å². The van der Waals surface area contributed by atoms with Crippen LogP contribution in [0.1, 0.15) is 26.2 Å². The Morgan fingerprint density at radius 1 is 1.38 bits per heavy atom. The highest BCUT2D eigenvalue weighted by Crippen LogP contribution is 2.61. The summed E-state index contributed by atoms with van der Waals surface area (Å²) in [6, 6.07) is 0. The third-order valence-corrected chi connectivity index (χ3v) is 4.09. The standard InChI is InChI=1S/C10H19NO2/c1-8-6-9(8,7-12)10(13)2-4-11-5-3-10/h8,11-13H,2-7H2,1H3. The van der Waals surface area contributed by atoms with Gasteiger partial charge in [0.15, 0.2) is 0 Å². The highest BCUT2D eigenvalue weighted by Gasteiger charge is 2.63. The molecule has 1 aliphatic carbocycles. The van der Waals surface area contributed by atoms with Gasteiger partial charge in [0, 0.05) is 5.41 Å². The Morgan fingerprint density at radius 3 is 2.31 bits per heavy atom. The minimum Gasteiger partial charge on any atom is -0.396 e. The van der Waals surface area contributed by atoms with Gasteiger partial charge in [0.25, 0.3) is 0 Å². The third-order valence-electron chi connectivity index (χ3n) is 4.09. The van der Waals surface area contributed by atoms with Crippen LogP contribution in [0.3, 0.4) is 0 Å². The average molecular weight is 185 g/mol. The van der Waals surface area contributed by atoms with E-state index >= 15 is 0 Å². The van der Waals surface area contributed by atoms with Crippen molar-refractivity contribution < 1.29 is 10.2 Å². The fourth-order valence-corrected chi connectivity index (χ4v) is 2.84. The zero-order chi connectivity index (χ0) is 9.53. The van der Waals surface area contributed by atoms with E-state index in [0.717, 1.165) is 32.4 Å². The molecular weight excluding hydrogens is 166 g/mol. The van der Waals surface area contributed by atoms with Gasteiger partial charge in [0.1, 0.15) is 0 Å². The van der Waals surface area contributed by atoms with Gasteiger partial charge in [0.2, 0.25) is 0 Å². The summed E-state index contributed by atoms with van der Waals surface area (Å²) in [5, 5.41) is 23.0. The highest BCUT2D eigenvalue weighted by atomic mass is 16.3. The molecule has 3 N–H and O–H groups in total. The van der Waals surface area contributed by atoms with E-state index in [0.29, 0.717) is 5.92 Å². The molecule has 2 rings (SSSR count). The van der Waals surface area contributed by atoms with E-state index < -0.39 is 5.60 Å². The molecule has 1 aliphatic heterocycles. The molecule has 0 aromatic carbocycles. The number of hydrogen-bond donors (Lipinski definition) is 3. The lowest BCUT2D eigenvalue weighted by Gasteiger charge is -2.40.